The Balaban J connectivity index is 1.23. The third-order valence-corrected chi connectivity index (χ3v) is 14.2. The largest absolute Gasteiger partial charge is 0.382 e. The smallest absolute Gasteiger partial charge is 0.214 e. The highest BCUT2D eigenvalue weighted by Crippen LogP contribution is 2.42. The van der Waals surface area contributed by atoms with Crippen molar-refractivity contribution >= 4 is 20.0 Å². The van der Waals surface area contributed by atoms with E-state index >= 15 is 0 Å². The van der Waals surface area contributed by atoms with E-state index in [9.17, 15) is 27.0 Å². The van der Waals surface area contributed by atoms with Crippen LogP contribution in [0, 0.1) is 25.7 Å². The van der Waals surface area contributed by atoms with Gasteiger partial charge in [0.25, 0.3) is 0 Å². The lowest BCUT2D eigenvalue weighted by Crippen LogP contribution is -2.58. The Labute approximate surface area is 307 Å². The molecule has 0 saturated carbocycles. The van der Waals surface area contributed by atoms with Crippen molar-refractivity contribution in [2.75, 3.05) is 26.4 Å². The maximum absolute atomic E-state index is 14.1. The number of hydrogen-bond acceptors (Lipinski definition) is 8. The highest BCUT2D eigenvalue weighted by molar-refractivity contribution is 7.90. The van der Waals surface area contributed by atoms with Crippen molar-refractivity contribution in [2.24, 2.45) is 17.0 Å². The molecule has 7 unspecified atom stereocenters. The molecule has 2 aliphatic rings. The van der Waals surface area contributed by atoms with Crippen molar-refractivity contribution in [3.05, 3.63) is 119 Å². The predicted octanol–water partition coefficient (Wildman–Crippen LogP) is 4.75. The first-order chi connectivity index (χ1) is 24.5. The first-order valence-corrected chi connectivity index (χ1v) is 20.7. The van der Waals surface area contributed by atoms with E-state index in [0.29, 0.717) is 11.1 Å². The van der Waals surface area contributed by atoms with Crippen LogP contribution in [-0.2, 0) is 40.7 Å². The van der Waals surface area contributed by atoms with Crippen LogP contribution in [0.2, 0.25) is 0 Å². The fraction of sp³-hybridized carbons (Fsp3) is 0.400. The predicted molar refractivity (Wildman–Crippen MR) is 202 cm³/mol. The second-order valence-electron chi connectivity index (χ2n) is 14.5. The van der Waals surface area contributed by atoms with Crippen LogP contribution in [0.1, 0.15) is 42.5 Å². The third-order valence-electron chi connectivity index (χ3n) is 11.1. The summed E-state index contributed by atoms with van der Waals surface area (Å²) in [6, 6.07) is 29.5. The van der Waals surface area contributed by atoms with Crippen LogP contribution in [0.15, 0.2) is 97.1 Å². The molecule has 12 heteroatoms. The molecule has 0 spiro atoms. The Bertz CT molecular complexity index is 2090. The molecule has 4 aromatic rings. The van der Waals surface area contributed by atoms with E-state index in [-0.39, 0.29) is 32.8 Å². The van der Waals surface area contributed by atoms with E-state index in [0.717, 1.165) is 33.4 Å². The number of sulfonamides is 2. The summed E-state index contributed by atoms with van der Waals surface area (Å²) < 4.78 is 67.8. The number of nitrogens with two attached hydrogens (primary N) is 1. The molecule has 0 aliphatic carbocycles. The van der Waals surface area contributed by atoms with Gasteiger partial charge in [0.15, 0.2) is 0 Å². The monoisotopic (exact) mass is 748 g/mol. The quantitative estimate of drug-likeness (QED) is 0.161. The summed E-state index contributed by atoms with van der Waals surface area (Å²) >= 11 is 0. The summed E-state index contributed by atoms with van der Waals surface area (Å²) in [7, 11) is -8.52. The lowest BCUT2D eigenvalue weighted by Gasteiger charge is -2.37. The van der Waals surface area contributed by atoms with Gasteiger partial charge >= 0.3 is 0 Å². The van der Waals surface area contributed by atoms with E-state index in [4.69, 9.17) is 14.6 Å². The molecular weight excluding hydrogens is 701 g/mol. The van der Waals surface area contributed by atoms with Crippen LogP contribution in [-0.4, -0.2) is 70.0 Å². The van der Waals surface area contributed by atoms with E-state index in [1.807, 2.05) is 98.8 Å². The summed E-state index contributed by atoms with van der Waals surface area (Å²) in [5.41, 5.74) is 4.16. The summed E-state index contributed by atoms with van der Waals surface area (Å²) in [6.07, 6.45) is 0.0216. The summed E-state index contributed by atoms with van der Waals surface area (Å²) in [4.78, 5) is 0. The van der Waals surface area contributed by atoms with Crippen molar-refractivity contribution in [3.8, 4) is 22.3 Å². The van der Waals surface area contributed by atoms with E-state index < -0.39 is 59.6 Å². The van der Waals surface area contributed by atoms with Crippen molar-refractivity contribution < 1.29 is 36.5 Å². The van der Waals surface area contributed by atoms with Gasteiger partial charge in [0.1, 0.15) is 11.2 Å². The lowest BCUT2D eigenvalue weighted by molar-refractivity contribution is -0.0120. The fourth-order valence-electron chi connectivity index (χ4n) is 7.55. The van der Waals surface area contributed by atoms with E-state index in [1.54, 1.807) is 12.1 Å². The number of benzene rings is 4. The second kappa shape index (κ2) is 14.8. The topological polar surface area (TPSA) is 165 Å². The van der Waals surface area contributed by atoms with Crippen LogP contribution in [0.4, 0.5) is 0 Å². The highest BCUT2D eigenvalue weighted by Gasteiger charge is 2.52. The second-order valence-corrected chi connectivity index (χ2v) is 18.6. The summed E-state index contributed by atoms with van der Waals surface area (Å²) in [6.45, 7) is 6.76. The van der Waals surface area contributed by atoms with Crippen LogP contribution in [0.3, 0.4) is 0 Å². The fourth-order valence-corrected chi connectivity index (χ4v) is 9.77. The molecule has 2 saturated heterocycles. The lowest BCUT2D eigenvalue weighted by atomic mass is 9.78. The van der Waals surface area contributed by atoms with Gasteiger partial charge in [-0.3, -0.25) is 0 Å². The number of aryl methyl sites for hydroxylation is 2. The molecule has 2 heterocycles. The third kappa shape index (κ3) is 7.62. The Morgan fingerprint density at radius 1 is 0.750 bits per heavy atom. The zero-order valence-electron chi connectivity index (χ0n) is 29.9. The molecule has 2 fully saturated rings. The molecule has 10 nitrogen and oxygen atoms in total. The number of hydrogen-bond donors (Lipinski definition) is 4. The maximum Gasteiger partial charge on any atom is 0.214 e. The minimum absolute atomic E-state index is 0.00178. The van der Waals surface area contributed by atoms with Gasteiger partial charge in [0, 0.05) is 17.9 Å². The van der Waals surface area contributed by atoms with Crippen molar-refractivity contribution in [3.63, 3.8) is 0 Å². The van der Waals surface area contributed by atoms with Gasteiger partial charge in [-0.15, -0.1) is 0 Å². The first-order valence-electron chi connectivity index (χ1n) is 17.5. The molecule has 0 amide bonds. The average Bonchev–Trinajstić information content (AvgIpc) is 3.70. The zero-order valence-corrected chi connectivity index (χ0v) is 31.5. The van der Waals surface area contributed by atoms with Gasteiger partial charge in [-0.1, -0.05) is 103 Å². The molecule has 7 atom stereocenters. The first kappa shape index (κ1) is 38.3. The van der Waals surface area contributed by atoms with Crippen molar-refractivity contribution in [1.29, 1.82) is 0 Å². The van der Waals surface area contributed by atoms with Gasteiger partial charge < -0.3 is 19.7 Å². The van der Waals surface area contributed by atoms with Gasteiger partial charge in [0.2, 0.25) is 20.0 Å². The molecular formula is C40H48N2O8S2. The average molecular weight is 749 g/mol. The number of ether oxygens (including phenoxy) is 2. The number of rotatable bonds is 12. The maximum atomic E-state index is 14.1. The van der Waals surface area contributed by atoms with Gasteiger partial charge in [-0.05, 0) is 73.1 Å². The minimum Gasteiger partial charge on any atom is -0.382 e. The Hall–Kier alpha value is -3.46. The van der Waals surface area contributed by atoms with Crippen molar-refractivity contribution in [1.82, 2.24) is 4.72 Å². The number of aliphatic hydroxyl groups is 2. The molecule has 5 N–H and O–H groups in total. The van der Waals surface area contributed by atoms with Crippen LogP contribution in [0.25, 0.3) is 22.3 Å². The normalized spacial score (nSPS) is 25.5. The van der Waals surface area contributed by atoms with Gasteiger partial charge in [-0.2, -0.15) is 0 Å². The van der Waals surface area contributed by atoms with Crippen LogP contribution in [0.5, 0.6) is 0 Å². The highest BCUT2D eigenvalue weighted by atomic mass is 32.2. The Morgan fingerprint density at radius 2 is 1.27 bits per heavy atom. The molecule has 278 valence electrons. The number of nitrogens with one attached hydrogen (secondary N) is 1. The zero-order chi connectivity index (χ0) is 37.5. The molecule has 0 radical (unpaired) electrons. The molecule has 0 aromatic heterocycles. The SMILES string of the molecule is Cc1ccc(-c2ccc(C3(O)COCC3C(NS(=O)(=O)C(C)CC3COCC3(O)c3ccc(-c4ccccc4C)cc3)C(C)S(N)(=O)=O)cc2)cc1. The van der Waals surface area contributed by atoms with Crippen molar-refractivity contribution in [2.45, 2.75) is 61.9 Å². The van der Waals surface area contributed by atoms with Crippen LogP contribution < -0.4 is 9.86 Å². The van der Waals surface area contributed by atoms with Gasteiger partial charge in [-0.25, -0.2) is 26.7 Å². The molecule has 0 bridgehead atoms. The van der Waals surface area contributed by atoms with E-state index in [2.05, 4.69) is 4.72 Å². The summed E-state index contributed by atoms with van der Waals surface area (Å²) in [5.74, 6) is -1.57. The van der Waals surface area contributed by atoms with E-state index in [1.165, 1.54) is 13.8 Å². The standard InChI is InChI=1S/C40H48N2O8S2/c1-26-9-11-30(12-10-26)31-13-17-34(18-14-31)40(44)25-50-23-37(40)38(29(4)51(41,45)46)42-52(47,48)28(3)21-35-22-49-24-39(35,43)33-19-15-32(16-20-33)36-8-6-5-7-27(36)2/h5-20,28-29,35,37-38,42-44H,21-25H2,1-4H3,(H2,41,45,46). The molecule has 4 aromatic carbocycles. The molecule has 52 heavy (non-hydrogen) atoms. The molecule has 2 aliphatic heterocycles. The molecule has 6 rings (SSSR count). The Kier molecular flexibility index (Phi) is 10.9. The van der Waals surface area contributed by atoms with Crippen LogP contribution >= 0.6 is 0 Å². The summed E-state index contributed by atoms with van der Waals surface area (Å²) in [5, 5.41) is 27.2. The minimum atomic E-state index is -4.27. The van der Waals surface area contributed by atoms with Gasteiger partial charge in [0.05, 0.1) is 36.9 Å². The Morgan fingerprint density at radius 3 is 1.87 bits per heavy atom. The number of primary sulfonamides is 1.